The molecule has 1 N–H and O–H groups in total. The third-order valence-electron chi connectivity index (χ3n) is 5.07. The maximum absolute atomic E-state index is 12.8. The number of nitrogens with one attached hydrogen (secondary N) is 1. The Kier molecular flexibility index (Phi) is 6.33. The average Bonchev–Trinajstić information content (AvgIpc) is 2.64. The number of amides is 1. The Balaban J connectivity index is 1.64. The summed E-state index contributed by atoms with van der Waals surface area (Å²) < 4.78 is 0. The fourth-order valence-corrected chi connectivity index (χ4v) is 3.83. The monoisotopic (exact) mass is 370 g/mol. The second-order valence-electron chi connectivity index (χ2n) is 7.40. The van der Waals surface area contributed by atoms with E-state index in [0.717, 1.165) is 48.7 Å². The summed E-state index contributed by atoms with van der Waals surface area (Å²) >= 11 is 6.29. The predicted molar refractivity (Wildman–Crippen MR) is 109 cm³/mol. The van der Waals surface area contributed by atoms with Gasteiger partial charge in [-0.05, 0) is 48.6 Å². The second kappa shape index (κ2) is 8.70. The minimum Gasteiger partial charge on any atom is -0.326 e. The maximum Gasteiger partial charge on any atom is 0.228 e. The zero-order chi connectivity index (χ0) is 18.5. The SMILES string of the molecule is CC(C)c1ccccc1NC(=O)C1CCCN(Cc2ccccc2Cl)C1. The van der Waals surface area contributed by atoms with Crippen molar-refractivity contribution in [3.05, 3.63) is 64.7 Å². The van der Waals surface area contributed by atoms with Gasteiger partial charge in [-0.2, -0.15) is 0 Å². The number of piperidine rings is 1. The van der Waals surface area contributed by atoms with E-state index in [1.54, 1.807) is 0 Å². The van der Waals surface area contributed by atoms with Crippen molar-refractivity contribution in [3.63, 3.8) is 0 Å². The van der Waals surface area contributed by atoms with Gasteiger partial charge in [-0.3, -0.25) is 9.69 Å². The Morgan fingerprint density at radius 2 is 1.92 bits per heavy atom. The number of carbonyl (C=O) groups is 1. The predicted octanol–water partition coefficient (Wildman–Crippen LogP) is 5.31. The quantitative estimate of drug-likeness (QED) is 0.773. The van der Waals surface area contributed by atoms with Crippen LogP contribution in [0.3, 0.4) is 0 Å². The molecule has 0 aliphatic carbocycles. The summed E-state index contributed by atoms with van der Waals surface area (Å²) in [5, 5.41) is 3.96. The zero-order valence-corrected chi connectivity index (χ0v) is 16.3. The number of likely N-dealkylation sites (tertiary alicyclic amines) is 1. The first-order valence-electron chi connectivity index (χ1n) is 9.40. The van der Waals surface area contributed by atoms with Gasteiger partial charge in [-0.1, -0.05) is 61.8 Å². The van der Waals surface area contributed by atoms with Gasteiger partial charge in [0.1, 0.15) is 0 Å². The average molecular weight is 371 g/mol. The Hall–Kier alpha value is -1.84. The van der Waals surface area contributed by atoms with Crippen LogP contribution in [0.25, 0.3) is 0 Å². The highest BCUT2D eigenvalue weighted by molar-refractivity contribution is 6.31. The van der Waals surface area contributed by atoms with E-state index in [2.05, 4.69) is 36.2 Å². The molecule has 1 saturated heterocycles. The molecular formula is C22H27ClN2O. The van der Waals surface area contributed by atoms with Crippen molar-refractivity contribution < 1.29 is 4.79 Å². The number of benzene rings is 2. The molecule has 1 aliphatic heterocycles. The van der Waals surface area contributed by atoms with Crippen LogP contribution in [0.1, 0.15) is 43.7 Å². The fourth-order valence-electron chi connectivity index (χ4n) is 3.63. The first kappa shape index (κ1) is 18.9. The molecule has 1 heterocycles. The lowest BCUT2D eigenvalue weighted by molar-refractivity contribution is -0.121. The first-order valence-corrected chi connectivity index (χ1v) is 9.78. The van der Waals surface area contributed by atoms with Gasteiger partial charge < -0.3 is 5.32 Å². The molecule has 1 atom stereocenters. The Labute approximate surface area is 161 Å². The van der Waals surface area contributed by atoms with Gasteiger partial charge in [0.15, 0.2) is 0 Å². The van der Waals surface area contributed by atoms with Crippen LogP contribution in [0.2, 0.25) is 5.02 Å². The van der Waals surface area contributed by atoms with E-state index in [1.807, 2.05) is 36.4 Å². The molecule has 3 nitrogen and oxygen atoms in total. The van der Waals surface area contributed by atoms with Crippen LogP contribution in [0.15, 0.2) is 48.5 Å². The second-order valence-corrected chi connectivity index (χ2v) is 7.80. The molecule has 1 amide bonds. The summed E-state index contributed by atoms with van der Waals surface area (Å²) in [6.07, 6.45) is 1.98. The Bertz CT molecular complexity index is 759. The van der Waals surface area contributed by atoms with Crippen molar-refractivity contribution in [1.29, 1.82) is 0 Å². The molecule has 0 spiro atoms. The highest BCUT2D eigenvalue weighted by Gasteiger charge is 2.26. The van der Waals surface area contributed by atoms with Gasteiger partial charge in [0.2, 0.25) is 5.91 Å². The zero-order valence-electron chi connectivity index (χ0n) is 15.5. The summed E-state index contributed by atoms with van der Waals surface area (Å²) in [5.41, 5.74) is 3.25. The van der Waals surface area contributed by atoms with Crippen LogP contribution >= 0.6 is 11.6 Å². The van der Waals surface area contributed by atoms with E-state index < -0.39 is 0 Å². The van der Waals surface area contributed by atoms with Crippen molar-refractivity contribution >= 4 is 23.2 Å². The molecule has 1 aliphatic rings. The summed E-state index contributed by atoms with van der Waals surface area (Å²) in [6.45, 7) is 6.89. The van der Waals surface area contributed by atoms with Gasteiger partial charge in [0, 0.05) is 23.8 Å². The summed E-state index contributed by atoms with van der Waals surface area (Å²) in [5.74, 6) is 0.531. The molecule has 26 heavy (non-hydrogen) atoms. The van der Waals surface area contributed by atoms with Crippen molar-refractivity contribution in [2.45, 2.75) is 39.2 Å². The lowest BCUT2D eigenvalue weighted by Gasteiger charge is -2.32. The van der Waals surface area contributed by atoms with Crippen LogP contribution in [0, 0.1) is 5.92 Å². The van der Waals surface area contributed by atoms with E-state index in [1.165, 1.54) is 5.56 Å². The van der Waals surface area contributed by atoms with Crippen LogP contribution < -0.4 is 5.32 Å². The molecule has 2 aromatic carbocycles. The van der Waals surface area contributed by atoms with Gasteiger partial charge in [0.25, 0.3) is 0 Å². The van der Waals surface area contributed by atoms with Crippen LogP contribution in [0.5, 0.6) is 0 Å². The highest BCUT2D eigenvalue weighted by Crippen LogP contribution is 2.26. The van der Waals surface area contributed by atoms with E-state index in [0.29, 0.717) is 5.92 Å². The Morgan fingerprint density at radius 1 is 1.19 bits per heavy atom. The lowest BCUT2D eigenvalue weighted by Crippen LogP contribution is -2.40. The molecule has 1 unspecified atom stereocenters. The number of anilines is 1. The molecule has 2 aromatic rings. The van der Waals surface area contributed by atoms with Gasteiger partial charge >= 0.3 is 0 Å². The topological polar surface area (TPSA) is 32.3 Å². The maximum atomic E-state index is 12.8. The van der Waals surface area contributed by atoms with Crippen LogP contribution in [0.4, 0.5) is 5.69 Å². The van der Waals surface area contributed by atoms with Gasteiger partial charge in [-0.15, -0.1) is 0 Å². The minimum absolute atomic E-state index is 0.0199. The molecule has 0 aromatic heterocycles. The third kappa shape index (κ3) is 4.66. The van der Waals surface area contributed by atoms with Crippen molar-refractivity contribution in [3.8, 4) is 0 Å². The van der Waals surface area contributed by atoms with E-state index in [-0.39, 0.29) is 11.8 Å². The van der Waals surface area contributed by atoms with Gasteiger partial charge in [-0.25, -0.2) is 0 Å². The van der Waals surface area contributed by atoms with Crippen molar-refractivity contribution in [2.75, 3.05) is 18.4 Å². The lowest BCUT2D eigenvalue weighted by atomic mass is 9.95. The summed E-state index contributed by atoms with van der Waals surface area (Å²) in [6, 6.07) is 16.0. The van der Waals surface area contributed by atoms with E-state index >= 15 is 0 Å². The van der Waals surface area contributed by atoms with Crippen LogP contribution in [-0.4, -0.2) is 23.9 Å². The number of nitrogens with zero attached hydrogens (tertiary/aromatic N) is 1. The smallest absolute Gasteiger partial charge is 0.228 e. The first-order chi connectivity index (χ1) is 12.5. The minimum atomic E-state index is 0.0199. The number of hydrogen-bond acceptors (Lipinski definition) is 2. The molecule has 0 saturated carbocycles. The fraction of sp³-hybridized carbons (Fsp3) is 0.409. The molecule has 138 valence electrons. The number of rotatable bonds is 5. The number of hydrogen-bond donors (Lipinski definition) is 1. The number of para-hydroxylation sites is 1. The van der Waals surface area contributed by atoms with Crippen molar-refractivity contribution in [1.82, 2.24) is 4.90 Å². The molecule has 1 fully saturated rings. The highest BCUT2D eigenvalue weighted by atomic mass is 35.5. The molecule has 4 heteroatoms. The number of halogens is 1. The third-order valence-corrected chi connectivity index (χ3v) is 5.44. The molecule has 0 radical (unpaired) electrons. The van der Waals surface area contributed by atoms with Crippen molar-refractivity contribution in [2.24, 2.45) is 5.92 Å². The molecule has 0 bridgehead atoms. The number of carbonyl (C=O) groups excluding carboxylic acids is 1. The molecular weight excluding hydrogens is 344 g/mol. The normalized spacial score (nSPS) is 18.1. The molecule has 3 rings (SSSR count). The summed E-state index contributed by atoms with van der Waals surface area (Å²) in [7, 11) is 0. The van der Waals surface area contributed by atoms with E-state index in [4.69, 9.17) is 11.6 Å². The Morgan fingerprint density at radius 3 is 2.69 bits per heavy atom. The van der Waals surface area contributed by atoms with Crippen LogP contribution in [-0.2, 0) is 11.3 Å². The summed E-state index contributed by atoms with van der Waals surface area (Å²) in [4.78, 5) is 15.2. The largest absolute Gasteiger partial charge is 0.326 e. The standard InChI is InChI=1S/C22H27ClN2O/c1-16(2)19-10-4-6-12-21(19)24-22(26)18-9-7-13-25(15-18)14-17-8-3-5-11-20(17)23/h3-6,8,10-12,16,18H,7,9,13-15H2,1-2H3,(H,24,26). The van der Waals surface area contributed by atoms with Gasteiger partial charge in [0.05, 0.1) is 5.92 Å². The van der Waals surface area contributed by atoms with E-state index in [9.17, 15) is 4.79 Å².